The Bertz CT molecular complexity index is 1010. The number of carbonyl (C=O) groups excluding carboxylic acids is 1. The fourth-order valence-corrected chi connectivity index (χ4v) is 16.3. The summed E-state index contributed by atoms with van der Waals surface area (Å²) in [6, 6.07) is 1.25. The van der Waals surface area contributed by atoms with Crippen LogP contribution in [0.1, 0.15) is 61.6 Å². The molecule has 0 bridgehead atoms. The van der Waals surface area contributed by atoms with E-state index in [0.29, 0.717) is 11.9 Å². The Balaban J connectivity index is 2.18. The molecule has 2 fully saturated rings. The number of nitrogens with zero attached hydrogens (tertiary/aromatic N) is 1. The first-order valence-corrected chi connectivity index (χ1v) is 16.0. The molecular formula is C23H38N2O7Si2. The number of aldehydes is 1. The lowest BCUT2D eigenvalue weighted by atomic mass is 10.1. The van der Waals surface area contributed by atoms with E-state index in [1.54, 1.807) is 0 Å². The average Bonchev–Trinajstić information content (AvgIpc) is 3.04. The van der Waals surface area contributed by atoms with Gasteiger partial charge in [-0.25, -0.2) is 4.79 Å². The van der Waals surface area contributed by atoms with Gasteiger partial charge in [-0.15, -0.1) is 0 Å². The Hall–Kier alpha value is -1.64. The van der Waals surface area contributed by atoms with Crippen LogP contribution in [0.25, 0.3) is 0 Å². The predicted molar refractivity (Wildman–Crippen MR) is 133 cm³/mol. The number of hydrogen-bond donors (Lipinski definition) is 1. The maximum Gasteiger partial charge on any atom is 0.335 e. The fraction of sp³-hybridized carbons (Fsp3) is 0.696. The number of nitrogens with one attached hydrogen (secondary N) is 1. The van der Waals surface area contributed by atoms with Gasteiger partial charge in [0, 0.05) is 17.8 Å². The van der Waals surface area contributed by atoms with Gasteiger partial charge in [0.05, 0.1) is 6.61 Å². The second kappa shape index (κ2) is 10.2. The molecule has 0 spiro atoms. The van der Waals surface area contributed by atoms with Gasteiger partial charge >= 0.3 is 22.8 Å². The molecular weight excluding hydrogens is 472 g/mol. The molecule has 11 heteroatoms. The van der Waals surface area contributed by atoms with Crippen LogP contribution in [-0.2, 0) is 22.5 Å². The molecule has 9 nitrogen and oxygen atoms in total. The molecule has 0 unspecified atom stereocenters. The van der Waals surface area contributed by atoms with Crippen molar-refractivity contribution in [3.63, 3.8) is 0 Å². The van der Waals surface area contributed by atoms with Crippen LogP contribution < -0.4 is 11.2 Å². The van der Waals surface area contributed by atoms with E-state index >= 15 is 0 Å². The molecule has 3 rings (SSSR count). The van der Waals surface area contributed by atoms with E-state index in [9.17, 15) is 14.4 Å². The van der Waals surface area contributed by atoms with Gasteiger partial charge < -0.3 is 17.7 Å². The third-order valence-corrected chi connectivity index (χ3v) is 17.2. The van der Waals surface area contributed by atoms with Gasteiger partial charge in [-0.05, 0) is 28.2 Å². The normalized spacial score (nSPS) is 27.9. The number of hydrogen-bond acceptors (Lipinski definition) is 7. The van der Waals surface area contributed by atoms with Crippen LogP contribution in [0.4, 0.5) is 0 Å². The van der Waals surface area contributed by atoms with Crippen molar-refractivity contribution < 1.29 is 22.5 Å². The van der Waals surface area contributed by atoms with Gasteiger partial charge in [0.2, 0.25) is 0 Å². The number of fused-ring (bicyclic) bond motifs is 1. The third-order valence-electron chi connectivity index (χ3n) is 6.94. The van der Waals surface area contributed by atoms with E-state index in [1.165, 1.54) is 22.9 Å². The number of ether oxygens (including phenoxy) is 1. The molecule has 0 radical (unpaired) electrons. The van der Waals surface area contributed by atoms with E-state index in [0.717, 1.165) is 0 Å². The van der Waals surface area contributed by atoms with Crippen LogP contribution in [0.15, 0.2) is 33.5 Å². The standard InChI is InChI=1S/C23H38N2O7Si2/c1-14(2)33(15(3)4)29-13-19-21(31-34(32-33,16(5)6)17(7)8)18(10-12-26)22(30-19)25-11-9-20(27)24-23(25)28/h9-12,14-17,19,21-22H,13H2,1-8H3,(H,24,27,28)/t19-,21-,22-/m0/s1. The van der Waals surface area contributed by atoms with Crippen LogP contribution in [0.2, 0.25) is 22.2 Å². The van der Waals surface area contributed by atoms with Crippen molar-refractivity contribution in [2.24, 2.45) is 0 Å². The molecule has 1 aromatic rings. The summed E-state index contributed by atoms with van der Waals surface area (Å²) in [6.07, 6.45) is 1.39. The summed E-state index contributed by atoms with van der Waals surface area (Å²) in [5.74, 6) is 0. The lowest BCUT2D eigenvalue weighted by Crippen LogP contribution is -2.65. The van der Waals surface area contributed by atoms with Gasteiger partial charge in [0.1, 0.15) is 18.5 Å². The highest BCUT2D eigenvalue weighted by molar-refractivity contribution is 6.84. The van der Waals surface area contributed by atoms with Gasteiger partial charge in [0.25, 0.3) is 5.56 Å². The monoisotopic (exact) mass is 510 g/mol. The first-order valence-electron chi connectivity index (χ1n) is 12.0. The van der Waals surface area contributed by atoms with Gasteiger partial charge in [-0.3, -0.25) is 19.1 Å². The van der Waals surface area contributed by atoms with E-state index in [-0.39, 0.29) is 28.8 Å². The van der Waals surface area contributed by atoms with E-state index in [1.807, 2.05) is 0 Å². The highest BCUT2D eigenvalue weighted by Crippen LogP contribution is 2.49. The van der Waals surface area contributed by atoms with Gasteiger partial charge in [0.15, 0.2) is 6.23 Å². The maximum absolute atomic E-state index is 12.6. The van der Waals surface area contributed by atoms with Crippen molar-refractivity contribution in [1.29, 1.82) is 0 Å². The Kier molecular flexibility index (Phi) is 8.05. The van der Waals surface area contributed by atoms with E-state index < -0.39 is 46.8 Å². The second-order valence-electron chi connectivity index (χ2n) is 10.4. The topological polar surface area (TPSA) is 109 Å². The summed E-state index contributed by atoms with van der Waals surface area (Å²) in [5.41, 5.74) is -0.0390. The molecule has 0 aliphatic carbocycles. The Morgan fingerprint density at radius 3 is 2.09 bits per heavy atom. The predicted octanol–water partition coefficient (Wildman–Crippen LogP) is 3.52. The number of aromatic amines is 1. The van der Waals surface area contributed by atoms with Crippen LogP contribution in [0, 0.1) is 0 Å². The average molecular weight is 511 g/mol. The summed E-state index contributed by atoms with van der Waals surface area (Å²) in [5, 5.41) is 0. The van der Waals surface area contributed by atoms with E-state index in [4.69, 9.17) is 17.7 Å². The minimum absolute atomic E-state index is 0.103. The molecule has 2 saturated heterocycles. The molecule has 0 saturated carbocycles. The number of carbonyl (C=O) groups is 1. The fourth-order valence-electron chi connectivity index (χ4n) is 5.16. The number of rotatable bonds is 6. The number of allylic oxidation sites excluding steroid dienone is 1. The number of H-pyrrole nitrogens is 1. The minimum atomic E-state index is -2.94. The Morgan fingerprint density at radius 2 is 1.59 bits per heavy atom. The molecule has 0 aromatic carbocycles. The number of aromatic nitrogens is 2. The van der Waals surface area contributed by atoms with Crippen LogP contribution >= 0.6 is 0 Å². The Labute approximate surface area is 203 Å². The molecule has 3 heterocycles. The zero-order valence-electron chi connectivity index (χ0n) is 21.4. The lowest BCUT2D eigenvalue weighted by Gasteiger charge is -2.51. The zero-order chi connectivity index (χ0) is 25.4. The van der Waals surface area contributed by atoms with Crippen LogP contribution in [0.5, 0.6) is 0 Å². The lowest BCUT2D eigenvalue weighted by molar-refractivity contribution is -0.104. The van der Waals surface area contributed by atoms with Crippen molar-refractivity contribution in [2.75, 3.05) is 6.61 Å². The van der Waals surface area contributed by atoms with Crippen LogP contribution in [0.3, 0.4) is 0 Å². The van der Waals surface area contributed by atoms with Crippen molar-refractivity contribution in [1.82, 2.24) is 9.55 Å². The molecule has 190 valence electrons. The molecule has 34 heavy (non-hydrogen) atoms. The SMILES string of the molecule is CC(C)[Si]1(C(C)C)OC[C@@H]2O[C@H](n3ccc(=O)[nH]c3=O)C(=CC=O)[C@@H]2O[Si](C(C)C)(C(C)C)O1. The summed E-state index contributed by atoms with van der Waals surface area (Å²) in [6.45, 7) is 17.2. The molecule has 1 N–H and O–H groups in total. The second-order valence-corrected chi connectivity index (χ2v) is 19.2. The van der Waals surface area contributed by atoms with Crippen molar-refractivity contribution >= 4 is 23.4 Å². The van der Waals surface area contributed by atoms with Gasteiger partial charge in [-0.2, -0.15) is 0 Å². The first kappa shape index (κ1) is 27.0. The largest absolute Gasteiger partial charge is 0.414 e. The van der Waals surface area contributed by atoms with Crippen molar-refractivity contribution in [3.8, 4) is 0 Å². The van der Waals surface area contributed by atoms with Crippen molar-refractivity contribution in [3.05, 3.63) is 44.8 Å². The molecule has 1 aromatic heterocycles. The maximum atomic E-state index is 12.6. The Morgan fingerprint density at radius 1 is 1.00 bits per heavy atom. The molecule has 2 aliphatic heterocycles. The molecule has 2 aliphatic rings. The molecule has 3 atom stereocenters. The van der Waals surface area contributed by atoms with Crippen molar-refractivity contribution in [2.45, 2.75) is 96.0 Å². The van der Waals surface area contributed by atoms with E-state index in [2.05, 4.69) is 60.4 Å². The van der Waals surface area contributed by atoms with Gasteiger partial charge in [-0.1, -0.05) is 55.4 Å². The summed E-state index contributed by atoms with van der Waals surface area (Å²) < 4.78 is 28.5. The molecule has 0 amide bonds. The zero-order valence-corrected chi connectivity index (χ0v) is 23.4. The minimum Gasteiger partial charge on any atom is -0.414 e. The highest BCUT2D eigenvalue weighted by atomic mass is 28.5. The summed E-state index contributed by atoms with van der Waals surface area (Å²) in [7, 11) is -5.69. The smallest absolute Gasteiger partial charge is 0.335 e. The first-order chi connectivity index (χ1) is 15.9. The quantitative estimate of drug-likeness (QED) is 0.354. The third kappa shape index (κ3) is 4.61. The highest BCUT2D eigenvalue weighted by Gasteiger charge is 2.60. The summed E-state index contributed by atoms with van der Waals surface area (Å²) in [4.78, 5) is 38.1. The van der Waals surface area contributed by atoms with Crippen LogP contribution in [-0.4, -0.2) is 51.8 Å². The summed E-state index contributed by atoms with van der Waals surface area (Å²) >= 11 is 0.